The SMILES string of the molecule is COc1cccc(N2CC(C(=O)OCC(=O)N(C)CC(=O)NC(C)(C)C)CC2=O)c1. The zero-order chi connectivity index (χ0) is 22.5. The van der Waals surface area contributed by atoms with Gasteiger partial charge in [0.1, 0.15) is 5.75 Å². The van der Waals surface area contributed by atoms with Crippen LogP contribution < -0.4 is 15.0 Å². The van der Waals surface area contributed by atoms with Gasteiger partial charge in [-0.25, -0.2) is 0 Å². The first-order valence-corrected chi connectivity index (χ1v) is 9.66. The van der Waals surface area contributed by atoms with Gasteiger partial charge in [-0.05, 0) is 32.9 Å². The molecule has 1 heterocycles. The van der Waals surface area contributed by atoms with Gasteiger partial charge in [-0.1, -0.05) is 6.07 Å². The molecule has 1 fully saturated rings. The number of carbonyl (C=O) groups is 4. The predicted molar refractivity (Wildman–Crippen MR) is 110 cm³/mol. The molecule has 1 aliphatic rings. The lowest BCUT2D eigenvalue weighted by atomic mass is 10.1. The molecule has 1 N–H and O–H groups in total. The molecular weight excluding hydrogens is 390 g/mol. The van der Waals surface area contributed by atoms with Crippen LogP contribution in [0.25, 0.3) is 0 Å². The highest BCUT2D eigenvalue weighted by Crippen LogP contribution is 2.28. The lowest BCUT2D eigenvalue weighted by molar-refractivity contribution is -0.155. The quantitative estimate of drug-likeness (QED) is 0.660. The van der Waals surface area contributed by atoms with E-state index < -0.39 is 29.9 Å². The maximum atomic E-state index is 12.4. The smallest absolute Gasteiger partial charge is 0.311 e. The maximum absolute atomic E-state index is 12.4. The molecule has 30 heavy (non-hydrogen) atoms. The van der Waals surface area contributed by atoms with E-state index in [0.717, 1.165) is 0 Å². The Morgan fingerprint density at radius 1 is 1.27 bits per heavy atom. The second-order valence-corrected chi connectivity index (χ2v) is 8.26. The Morgan fingerprint density at radius 2 is 1.97 bits per heavy atom. The van der Waals surface area contributed by atoms with Crippen molar-refractivity contribution in [1.82, 2.24) is 10.2 Å². The fraction of sp³-hybridized carbons (Fsp3) is 0.524. The molecule has 1 atom stereocenters. The van der Waals surface area contributed by atoms with E-state index in [4.69, 9.17) is 9.47 Å². The van der Waals surface area contributed by atoms with Crippen LogP contribution in [-0.2, 0) is 23.9 Å². The van der Waals surface area contributed by atoms with Gasteiger partial charge in [0.25, 0.3) is 5.91 Å². The number of nitrogens with zero attached hydrogens (tertiary/aromatic N) is 2. The van der Waals surface area contributed by atoms with E-state index in [0.29, 0.717) is 11.4 Å². The van der Waals surface area contributed by atoms with Crippen molar-refractivity contribution in [2.45, 2.75) is 32.7 Å². The van der Waals surface area contributed by atoms with Gasteiger partial charge in [0.15, 0.2) is 6.61 Å². The fourth-order valence-corrected chi connectivity index (χ4v) is 3.02. The first-order chi connectivity index (χ1) is 14.0. The zero-order valence-corrected chi connectivity index (χ0v) is 18.1. The van der Waals surface area contributed by atoms with Gasteiger partial charge in [-0.3, -0.25) is 19.2 Å². The van der Waals surface area contributed by atoms with Crippen molar-refractivity contribution in [2.24, 2.45) is 5.92 Å². The highest BCUT2D eigenvalue weighted by atomic mass is 16.5. The topological polar surface area (TPSA) is 105 Å². The molecule has 9 nitrogen and oxygen atoms in total. The Morgan fingerprint density at radius 3 is 2.60 bits per heavy atom. The van der Waals surface area contributed by atoms with Crippen LogP contribution in [-0.4, -0.2) is 68.0 Å². The third-order valence-corrected chi connectivity index (χ3v) is 4.48. The monoisotopic (exact) mass is 419 g/mol. The molecule has 2 rings (SSSR count). The largest absolute Gasteiger partial charge is 0.497 e. The summed E-state index contributed by atoms with van der Waals surface area (Å²) in [5, 5.41) is 2.76. The lowest BCUT2D eigenvalue weighted by Crippen LogP contribution is -2.47. The van der Waals surface area contributed by atoms with Gasteiger partial charge in [-0.15, -0.1) is 0 Å². The first-order valence-electron chi connectivity index (χ1n) is 9.66. The number of anilines is 1. The predicted octanol–water partition coefficient (Wildman–Crippen LogP) is 0.964. The average Bonchev–Trinajstić information content (AvgIpc) is 3.06. The second-order valence-electron chi connectivity index (χ2n) is 8.26. The number of hydrogen-bond donors (Lipinski definition) is 1. The Balaban J connectivity index is 1.85. The number of benzene rings is 1. The summed E-state index contributed by atoms with van der Waals surface area (Å²) < 4.78 is 10.3. The Kier molecular flexibility index (Phi) is 7.42. The van der Waals surface area contributed by atoms with Crippen LogP contribution in [0.3, 0.4) is 0 Å². The molecule has 0 aromatic heterocycles. The molecule has 3 amide bonds. The van der Waals surface area contributed by atoms with Crippen LogP contribution in [0.4, 0.5) is 5.69 Å². The van der Waals surface area contributed by atoms with Crippen molar-refractivity contribution in [2.75, 3.05) is 38.8 Å². The average molecular weight is 419 g/mol. The third kappa shape index (κ3) is 6.47. The number of likely N-dealkylation sites (N-methyl/N-ethyl adjacent to an activating group) is 1. The molecule has 0 saturated carbocycles. The summed E-state index contributed by atoms with van der Waals surface area (Å²) in [6, 6.07) is 7.00. The second kappa shape index (κ2) is 9.60. The summed E-state index contributed by atoms with van der Waals surface area (Å²) >= 11 is 0. The van der Waals surface area contributed by atoms with Crippen LogP contribution in [0, 0.1) is 5.92 Å². The number of carbonyl (C=O) groups excluding carboxylic acids is 4. The van der Waals surface area contributed by atoms with Gasteiger partial charge in [0, 0.05) is 37.3 Å². The van der Waals surface area contributed by atoms with Crippen molar-refractivity contribution in [1.29, 1.82) is 0 Å². The molecule has 9 heteroatoms. The number of ether oxygens (including phenoxy) is 2. The number of rotatable bonds is 7. The molecule has 0 spiro atoms. The van der Waals surface area contributed by atoms with Crippen molar-refractivity contribution in [3.8, 4) is 5.75 Å². The summed E-state index contributed by atoms with van der Waals surface area (Å²) in [6.07, 6.45) is 0.00800. The maximum Gasteiger partial charge on any atom is 0.311 e. The molecular formula is C21H29N3O6. The molecule has 1 aromatic rings. The summed E-state index contributed by atoms with van der Waals surface area (Å²) in [7, 11) is 2.99. The number of hydrogen-bond acceptors (Lipinski definition) is 6. The van der Waals surface area contributed by atoms with E-state index in [1.165, 1.54) is 24.0 Å². The Hall–Kier alpha value is -3.10. The minimum atomic E-state index is -0.661. The van der Waals surface area contributed by atoms with Crippen molar-refractivity contribution < 1.29 is 28.7 Å². The molecule has 0 bridgehead atoms. The van der Waals surface area contributed by atoms with E-state index in [2.05, 4.69) is 5.32 Å². The van der Waals surface area contributed by atoms with E-state index in [-0.39, 0.29) is 31.3 Å². The molecule has 1 aromatic carbocycles. The van der Waals surface area contributed by atoms with Crippen LogP contribution in [0.1, 0.15) is 27.2 Å². The van der Waals surface area contributed by atoms with E-state index in [1.54, 1.807) is 24.3 Å². The standard InChI is InChI=1S/C21H29N3O6/c1-21(2,3)22-17(25)12-23(4)19(27)13-30-20(28)14-9-18(26)24(11-14)15-7-6-8-16(10-15)29-5/h6-8,10,14H,9,11-13H2,1-5H3,(H,22,25). The molecule has 0 radical (unpaired) electrons. The van der Waals surface area contributed by atoms with E-state index in [1.807, 2.05) is 20.8 Å². The highest BCUT2D eigenvalue weighted by molar-refractivity contribution is 5.99. The first kappa shape index (κ1) is 23.2. The Labute approximate surface area is 176 Å². The fourth-order valence-electron chi connectivity index (χ4n) is 3.02. The van der Waals surface area contributed by atoms with Gasteiger partial charge in [0.05, 0.1) is 19.6 Å². The van der Waals surface area contributed by atoms with Crippen molar-refractivity contribution in [3.05, 3.63) is 24.3 Å². The normalized spacial score (nSPS) is 16.2. The van der Waals surface area contributed by atoms with Crippen molar-refractivity contribution in [3.63, 3.8) is 0 Å². The Bertz CT molecular complexity index is 817. The minimum absolute atomic E-state index is 0.00800. The van der Waals surface area contributed by atoms with Gasteiger partial charge >= 0.3 is 5.97 Å². The van der Waals surface area contributed by atoms with E-state index in [9.17, 15) is 19.2 Å². The number of nitrogens with one attached hydrogen (secondary N) is 1. The number of methoxy groups -OCH3 is 1. The van der Waals surface area contributed by atoms with Gasteiger partial charge < -0.3 is 24.6 Å². The van der Waals surface area contributed by atoms with E-state index >= 15 is 0 Å². The zero-order valence-electron chi connectivity index (χ0n) is 18.1. The molecule has 164 valence electrons. The number of esters is 1. The number of amides is 3. The summed E-state index contributed by atoms with van der Waals surface area (Å²) in [4.78, 5) is 51.4. The van der Waals surface area contributed by atoms with Gasteiger partial charge in [-0.2, -0.15) is 0 Å². The van der Waals surface area contributed by atoms with Crippen LogP contribution >= 0.6 is 0 Å². The van der Waals surface area contributed by atoms with Crippen LogP contribution in [0.15, 0.2) is 24.3 Å². The molecule has 1 saturated heterocycles. The summed E-state index contributed by atoms with van der Waals surface area (Å²) in [6.45, 7) is 5.06. The van der Waals surface area contributed by atoms with Gasteiger partial charge in [0.2, 0.25) is 11.8 Å². The summed E-state index contributed by atoms with van der Waals surface area (Å²) in [5.41, 5.74) is 0.229. The molecule has 1 unspecified atom stereocenters. The van der Waals surface area contributed by atoms with Crippen LogP contribution in [0.5, 0.6) is 5.75 Å². The molecule has 0 aliphatic carbocycles. The van der Waals surface area contributed by atoms with Crippen LogP contribution in [0.2, 0.25) is 0 Å². The minimum Gasteiger partial charge on any atom is -0.497 e. The van der Waals surface area contributed by atoms with Crippen molar-refractivity contribution >= 4 is 29.4 Å². The summed E-state index contributed by atoms with van der Waals surface area (Å²) in [5.74, 6) is -1.68. The molecule has 1 aliphatic heterocycles. The lowest BCUT2D eigenvalue weighted by Gasteiger charge is -2.23. The third-order valence-electron chi connectivity index (χ3n) is 4.48. The highest BCUT2D eigenvalue weighted by Gasteiger charge is 2.36.